The van der Waals surface area contributed by atoms with E-state index in [0.717, 1.165) is 11.3 Å². The molecule has 1 aromatic carbocycles. The van der Waals surface area contributed by atoms with Crippen molar-refractivity contribution >= 4 is 11.9 Å². The zero-order valence-electron chi connectivity index (χ0n) is 18.2. The van der Waals surface area contributed by atoms with E-state index in [4.69, 9.17) is 9.47 Å². The fourth-order valence-corrected chi connectivity index (χ4v) is 2.22. The van der Waals surface area contributed by atoms with Gasteiger partial charge in [-0.3, -0.25) is 4.79 Å². The number of amides is 1. The van der Waals surface area contributed by atoms with Gasteiger partial charge in [0.25, 0.3) is 0 Å². The first-order chi connectivity index (χ1) is 12.1. The Hall–Kier alpha value is -2.04. The summed E-state index contributed by atoms with van der Waals surface area (Å²) in [5.41, 5.74) is -0.570. The number of carbonyl (C=O) groups is 2. The van der Waals surface area contributed by atoms with E-state index < -0.39 is 23.0 Å². The Bertz CT molecular complexity index is 643. The van der Waals surface area contributed by atoms with Crippen LogP contribution in [0.25, 0.3) is 0 Å². The summed E-state index contributed by atoms with van der Waals surface area (Å²) in [6.07, 6.45) is 0.354. The minimum atomic E-state index is -0.745. The van der Waals surface area contributed by atoms with Crippen LogP contribution in [0, 0.1) is 5.41 Å². The van der Waals surface area contributed by atoms with Gasteiger partial charge in [-0.25, -0.2) is 4.79 Å². The molecule has 5 heteroatoms. The van der Waals surface area contributed by atoms with Gasteiger partial charge in [0.2, 0.25) is 5.91 Å². The van der Waals surface area contributed by atoms with Crippen LogP contribution in [-0.4, -0.2) is 29.1 Å². The molecule has 1 amide bonds. The van der Waals surface area contributed by atoms with Gasteiger partial charge >= 0.3 is 5.97 Å². The largest absolute Gasteiger partial charge is 0.488 e. The Balaban J connectivity index is 2.96. The van der Waals surface area contributed by atoms with Crippen LogP contribution in [0.4, 0.5) is 0 Å². The lowest BCUT2D eigenvalue weighted by atomic mass is 9.94. The molecule has 0 bridgehead atoms. The summed E-state index contributed by atoms with van der Waals surface area (Å²) < 4.78 is 11.3. The van der Waals surface area contributed by atoms with E-state index in [0.29, 0.717) is 6.42 Å². The minimum Gasteiger partial charge on any atom is -0.488 e. The van der Waals surface area contributed by atoms with E-state index in [1.807, 2.05) is 86.6 Å². The number of nitrogens with one attached hydrogen (secondary N) is 1. The predicted molar refractivity (Wildman–Crippen MR) is 108 cm³/mol. The zero-order valence-corrected chi connectivity index (χ0v) is 18.2. The third-order valence-corrected chi connectivity index (χ3v) is 3.47. The molecule has 0 heterocycles. The van der Waals surface area contributed by atoms with Crippen LogP contribution in [0.1, 0.15) is 67.9 Å². The molecule has 1 unspecified atom stereocenters. The predicted octanol–water partition coefficient (Wildman–Crippen LogP) is 4.28. The molecule has 27 heavy (non-hydrogen) atoms. The van der Waals surface area contributed by atoms with Crippen molar-refractivity contribution in [1.29, 1.82) is 0 Å². The molecule has 0 aliphatic carbocycles. The maximum atomic E-state index is 12.6. The molecule has 0 spiro atoms. The fourth-order valence-electron chi connectivity index (χ4n) is 2.22. The second-order valence-corrected chi connectivity index (χ2v) is 9.87. The van der Waals surface area contributed by atoms with Crippen molar-refractivity contribution in [2.24, 2.45) is 5.41 Å². The normalized spacial score (nSPS) is 13.7. The molecule has 0 aliphatic heterocycles. The minimum absolute atomic E-state index is 0.189. The van der Waals surface area contributed by atoms with Gasteiger partial charge in [-0.05, 0) is 59.2 Å². The standard InChI is InChI=1S/C22H35NO4/c1-20(2,3)19(25)23-17(18(24)27-22(7,8)9)14-15-10-12-16(13-11-15)26-21(4,5)6/h10-13,17H,14H2,1-9H3,(H,23,25). The van der Waals surface area contributed by atoms with E-state index in [2.05, 4.69) is 5.32 Å². The second-order valence-electron chi connectivity index (χ2n) is 9.87. The zero-order chi connectivity index (χ0) is 21.0. The highest BCUT2D eigenvalue weighted by atomic mass is 16.6. The quantitative estimate of drug-likeness (QED) is 0.778. The molecule has 152 valence electrons. The molecule has 0 aliphatic rings. The van der Waals surface area contributed by atoms with Crippen molar-refractivity contribution in [2.75, 3.05) is 0 Å². The Labute approximate surface area is 163 Å². The van der Waals surface area contributed by atoms with Gasteiger partial charge in [0.1, 0.15) is 23.0 Å². The van der Waals surface area contributed by atoms with Crippen LogP contribution in [0.5, 0.6) is 5.75 Å². The average molecular weight is 378 g/mol. The molecule has 0 aromatic heterocycles. The lowest BCUT2D eigenvalue weighted by Crippen LogP contribution is -2.48. The maximum Gasteiger partial charge on any atom is 0.329 e. The van der Waals surface area contributed by atoms with Gasteiger partial charge < -0.3 is 14.8 Å². The Morgan fingerprint density at radius 3 is 1.81 bits per heavy atom. The summed E-state index contributed by atoms with van der Waals surface area (Å²) in [7, 11) is 0. The lowest BCUT2D eigenvalue weighted by molar-refractivity contribution is -0.159. The molecule has 5 nitrogen and oxygen atoms in total. The monoisotopic (exact) mass is 377 g/mol. The molecule has 1 rings (SSSR count). The smallest absolute Gasteiger partial charge is 0.329 e. The van der Waals surface area contributed by atoms with Crippen molar-refractivity contribution in [3.05, 3.63) is 29.8 Å². The van der Waals surface area contributed by atoms with Crippen molar-refractivity contribution in [1.82, 2.24) is 5.32 Å². The Morgan fingerprint density at radius 1 is 0.889 bits per heavy atom. The highest BCUT2D eigenvalue weighted by Crippen LogP contribution is 2.20. The third kappa shape index (κ3) is 8.94. The van der Waals surface area contributed by atoms with Crippen LogP contribution in [0.15, 0.2) is 24.3 Å². The third-order valence-electron chi connectivity index (χ3n) is 3.47. The topological polar surface area (TPSA) is 64.6 Å². The average Bonchev–Trinajstić information content (AvgIpc) is 2.44. The number of carbonyl (C=O) groups excluding carboxylic acids is 2. The van der Waals surface area contributed by atoms with Crippen LogP contribution >= 0.6 is 0 Å². The SMILES string of the molecule is CC(C)(C)OC(=O)C(Cc1ccc(OC(C)(C)C)cc1)NC(=O)C(C)(C)C. The summed E-state index contributed by atoms with van der Waals surface area (Å²) in [5, 5.41) is 2.84. The number of esters is 1. The van der Waals surface area contributed by atoms with Gasteiger partial charge in [0.15, 0.2) is 0 Å². The molecule has 0 saturated heterocycles. The van der Waals surface area contributed by atoms with Crippen molar-refractivity contribution in [2.45, 2.75) is 86.0 Å². The van der Waals surface area contributed by atoms with Crippen molar-refractivity contribution < 1.29 is 19.1 Å². The molecule has 1 atom stereocenters. The van der Waals surface area contributed by atoms with Crippen LogP contribution < -0.4 is 10.1 Å². The molecule has 1 N–H and O–H groups in total. The first-order valence-corrected chi connectivity index (χ1v) is 9.39. The molecule has 0 radical (unpaired) electrons. The highest BCUT2D eigenvalue weighted by Gasteiger charge is 2.30. The molecular weight excluding hydrogens is 342 g/mol. The van der Waals surface area contributed by atoms with Crippen molar-refractivity contribution in [3.8, 4) is 5.75 Å². The first kappa shape index (κ1) is 23.0. The molecule has 1 aromatic rings. The van der Waals surface area contributed by atoms with Gasteiger partial charge in [-0.15, -0.1) is 0 Å². The van der Waals surface area contributed by atoms with Gasteiger partial charge in [0, 0.05) is 11.8 Å². The molecular formula is C22H35NO4. The highest BCUT2D eigenvalue weighted by molar-refractivity contribution is 5.87. The fraction of sp³-hybridized carbons (Fsp3) is 0.636. The molecule has 0 saturated carbocycles. The van der Waals surface area contributed by atoms with E-state index in [-0.39, 0.29) is 11.5 Å². The van der Waals surface area contributed by atoms with Crippen LogP contribution in [0.2, 0.25) is 0 Å². The van der Waals surface area contributed by atoms with E-state index in [1.165, 1.54) is 0 Å². The Morgan fingerprint density at radius 2 is 1.41 bits per heavy atom. The summed E-state index contributed by atoms with van der Waals surface area (Å²) in [6, 6.07) is 6.81. The van der Waals surface area contributed by atoms with E-state index in [9.17, 15) is 9.59 Å². The second kappa shape index (κ2) is 8.32. The number of hydrogen-bond donors (Lipinski definition) is 1. The van der Waals surface area contributed by atoms with Crippen molar-refractivity contribution in [3.63, 3.8) is 0 Å². The van der Waals surface area contributed by atoms with Crippen LogP contribution in [-0.2, 0) is 20.7 Å². The number of hydrogen-bond acceptors (Lipinski definition) is 4. The summed E-state index contributed by atoms with van der Waals surface area (Å²) in [5.74, 6) is 0.139. The van der Waals surface area contributed by atoms with E-state index >= 15 is 0 Å². The number of rotatable bonds is 5. The van der Waals surface area contributed by atoms with Gasteiger partial charge in [-0.1, -0.05) is 32.9 Å². The first-order valence-electron chi connectivity index (χ1n) is 9.39. The number of ether oxygens (including phenoxy) is 2. The summed E-state index contributed by atoms with van der Waals surface area (Å²) in [6.45, 7) is 16.8. The summed E-state index contributed by atoms with van der Waals surface area (Å²) in [4.78, 5) is 25.0. The molecule has 0 fully saturated rings. The maximum absolute atomic E-state index is 12.6. The lowest BCUT2D eigenvalue weighted by Gasteiger charge is -2.27. The van der Waals surface area contributed by atoms with Gasteiger partial charge in [0.05, 0.1) is 0 Å². The number of benzene rings is 1. The van der Waals surface area contributed by atoms with Crippen LogP contribution in [0.3, 0.4) is 0 Å². The van der Waals surface area contributed by atoms with E-state index in [1.54, 1.807) is 0 Å². The Kier molecular flexibility index (Phi) is 7.09. The van der Waals surface area contributed by atoms with Gasteiger partial charge in [-0.2, -0.15) is 0 Å². The summed E-state index contributed by atoms with van der Waals surface area (Å²) >= 11 is 0.